The Morgan fingerprint density at radius 2 is 1.77 bits per heavy atom. The summed E-state index contributed by atoms with van der Waals surface area (Å²) in [6.45, 7) is 4.42. The molecule has 18 heteroatoms. The lowest BCUT2D eigenvalue weighted by molar-refractivity contribution is -0.0435. The molecular formula is C26H32F3N7O5S3. The standard InChI is InChI=1S/C26H32F3N7O5S3/c27-26(28,29)43(37,38)23-16-21(44(39,40)34-25-33-32-24-17-30-9-11-36(24)25)6-7-22(23)31-19(8-10-35-12-14-41-15-13-35)18-42-20-4-2-1-3-5-20/h1-7,16,19,30-31H,8-15,17-18H2,(H,33,34)/t19-/m1/s1. The van der Waals surface area contributed by atoms with Gasteiger partial charge in [-0.05, 0) is 36.8 Å². The van der Waals surface area contributed by atoms with Crippen molar-refractivity contribution in [3.63, 3.8) is 0 Å². The fourth-order valence-electron chi connectivity index (χ4n) is 4.78. The summed E-state index contributed by atoms with van der Waals surface area (Å²) in [7, 11) is -10.5. The van der Waals surface area contributed by atoms with Crippen LogP contribution >= 0.6 is 11.8 Å². The van der Waals surface area contributed by atoms with Crippen LogP contribution in [0.1, 0.15) is 12.2 Å². The highest BCUT2D eigenvalue weighted by atomic mass is 32.2. The van der Waals surface area contributed by atoms with Gasteiger partial charge < -0.3 is 15.4 Å². The molecule has 2 aromatic carbocycles. The first-order valence-corrected chi connectivity index (χ1v) is 17.7. The summed E-state index contributed by atoms with van der Waals surface area (Å²) >= 11 is 1.47. The van der Waals surface area contributed by atoms with E-state index in [4.69, 9.17) is 4.74 Å². The quantitative estimate of drug-likeness (QED) is 0.244. The third-order valence-electron chi connectivity index (χ3n) is 7.16. The van der Waals surface area contributed by atoms with Gasteiger partial charge in [0.2, 0.25) is 5.95 Å². The normalized spacial score (nSPS) is 17.2. The number of alkyl halides is 3. The Labute approximate surface area is 257 Å². The third-order valence-corrected chi connectivity index (χ3v) is 11.2. The van der Waals surface area contributed by atoms with Crippen molar-refractivity contribution in [2.45, 2.75) is 45.7 Å². The van der Waals surface area contributed by atoms with Crippen LogP contribution in [-0.4, -0.2) is 93.2 Å². The fourth-order valence-corrected chi connectivity index (χ4v) is 7.82. The van der Waals surface area contributed by atoms with Gasteiger partial charge in [0.1, 0.15) is 10.7 Å². The monoisotopic (exact) mass is 675 g/mol. The third kappa shape index (κ3) is 7.66. The zero-order valence-electron chi connectivity index (χ0n) is 23.5. The molecule has 44 heavy (non-hydrogen) atoms. The van der Waals surface area contributed by atoms with E-state index < -0.39 is 41.2 Å². The number of hydrogen-bond donors (Lipinski definition) is 3. The van der Waals surface area contributed by atoms with E-state index in [1.807, 2.05) is 30.3 Å². The van der Waals surface area contributed by atoms with Crippen LogP contribution in [0.2, 0.25) is 0 Å². The predicted octanol–water partition coefficient (Wildman–Crippen LogP) is 2.77. The summed E-state index contributed by atoms with van der Waals surface area (Å²) in [6.07, 6.45) is 0.486. The van der Waals surface area contributed by atoms with Crippen LogP contribution in [0.3, 0.4) is 0 Å². The smallest absolute Gasteiger partial charge is 0.380 e. The van der Waals surface area contributed by atoms with Crippen molar-refractivity contribution in [1.29, 1.82) is 0 Å². The molecule has 0 spiro atoms. The first-order chi connectivity index (χ1) is 20.9. The average Bonchev–Trinajstić information content (AvgIpc) is 3.41. The number of fused-ring (bicyclic) bond motifs is 1. The molecule has 1 saturated heterocycles. The number of ether oxygens (including phenoxy) is 1. The van der Waals surface area contributed by atoms with Crippen LogP contribution < -0.4 is 15.4 Å². The molecule has 240 valence electrons. The number of morpholine rings is 1. The Kier molecular flexibility index (Phi) is 10.1. The van der Waals surface area contributed by atoms with Gasteiger partial charge in [-0.15, -0.1) is 22.0 Å². The molecule has 12 nitrogen and oxygen atoms in total. The number of nitrogens with zero attached hydrogens (tertiary/aromatic N) is 4. The number of rotatable bonds is 12. The topological polar surface area (TPSA) is 148 Å². The highest BCUT2D eigenvalue weighted by Crippen LogP contribution is 2.37. The number of nitrogens with one attached hydrogen (secondary N) is 3. The summed E-state index contributed by atoms with van der Waals surface area (Å²) in [5.74, 6) is 0.768. The minimum Gasteiger partial charge on any atom is -0.380 e. The number of benzene rings is 2. The van der Waals surface area contributed by atoms with Crippen molar-refractivity contribution in [2.24, 2.45) is 0 Å². The molecule has 2 aliphatic heterocycles. The van der Waals surface area contributed by atoms with E-state index in [9.17, 15) is 30.0 Å². The molecule has 0 saturated carbocycles. The van der Waals surface area contributed by atoms with E-state index in [0.29, 0.717) is 76.5 Å². The number of sulfone groups is 1. The first kappa shape index (κ1) is 32.5. The van der Waals surface area contributed by atoms with Gasteiger partial charge in [0.15, 0.2) is 0 Å². The molecule has 3 aromatic rings. The van der Waals surface area contributed by atoms with Gasteiger partial charge in [-0.25, -0.2) is 21.6 Å². The van der Waals surface area contributed by atoms with Gasteiger partial charge in [0, 0.05) is 49.4 Å². The van der Waals surface area contributed by atoms with E-state index in [1.165, 1.54) is 16.3 Å². The Bertz CT molecular complexity index is 1650. The highest BCUT2D eigenvalue weighted by molar-refractivity contribution is 7.99. The lowest BCUT2D eigenvalue weighted by atomic mass is 10.2. The molecule has 0 amide bonds. The van der Waals surface area contributed by atoms with E-state index in [0.717, 1.165) is 17.0 Å². The molecule has 3 N–H and O–H groups in total. The van der Waals surface area contributed by atoms with Crippen LogP contribution in [0.4, 0.5) is 24.8 Å². The number of hydrogen-bond acceptors (Lipinski definition) is 11. The van der Waals surface area contributed by atoms with Gasteiger partial charge in [0.25, 0.3) is 19.9 Å². The second-order valence-corrected chi connectivity index (χ2v) is 14.9. The molecule has 0 unspecified atom stereocenters. The van der Waals surface area contributed by atoms with E-state index >= 15 is 0 Å². The molecule has 1 aromatic heterocycles. The zero-order chi connectivity index (χ0) is 31.4. The maximum absolute atomic E-state index is 13.9. The highest BCUT2D eigenvalue weighted by Gasteiger charge is 2.48. The van der Waals surface area contributed by atoms with E-state index in [2.05, 4.69) is 30.5 Å². The molecule has 1 fully saturated rings. The molecule has 2 aliphatic rings. The Morgan fingerprint density at radius 3 is 2.50 bits per heavy atom. The average molecular weight is 676 g/mol. The molecule has 3 heterocycles. The molecule has 0 bridgehead atoms. The number of halogens is 3. The van der Waals surface area contributed by atoms with E-state index in [-0.39, 0.29) is 11.6 Å². The number of anilines is 2. The summed E-state index contributed by atoms with van der Waals surface area (Å²) in [6, 6.07) is 11.6. The van der Waals surface area contributed by atoms with Crippen LogP contribution in [0, 0.1) is 0 Å². The SMILES string of the molecule is O=S(=O)(Nc1nnc2n1CCNC2)c1ccc(N[C@H](CCN2CCOCC2)CSc2ccccc2)c(S(=O)(=O)C(F)(F)F)c1. The number of aromatic nitrogens is 3. The number of thioether (sulfide) groups is 1. The van der Waals surface area contributed by atoms with Crippen molar-refractivity contribution >= 4 is 43.3 Å². The van der Waals surface area contributed by atoms with Crippen LogP contribution in [-0.2, 0) is 37.7 Å². The Balaban J connectivity index is 1.44. The molecule has 5 rings (SSSR count). The fraction of sp³-hybridized carbons (Fsp3) is 0.462. The Hall–Kier alpha value is -2.90. The molecule has 0 aliphatic carbocycles. The second-order valence-electron chi connectivity index (χ2n) is 10.2. The van der Waals surface area contributed by atoms with Gasteiger partial charge in [0.05, 0.1) is 30.3 Å². The molecular weight excluding hydrogens is 644 g/mol. The summed E-state index contributed by atoms with van der Waals surface area (Å²) in [5.41, 5.74) is -6.01. The van der Waals surface area contributed by atoms with Crippen molar-refractivity contribution in [1.82, 2.24) is 25.0 Å². The van der Waals surface area contributed by atoms with Gasteiger partial charge >= 0.3 is 5.51 Å². The maximum atomic E-state index is 13.9. The summed E-state index contributed by atoms with van der Waals surface area (Å²) < 4.78 is 103. The lowest BCUT2D eigenvalue weighted by Gasteiger charge is -2.29. The van der Waals surface area contributed by atoms with Crippen molar-refractivity contribution < 1.29 is 34.7 Å². The van der Waals surface area contributed by atoms with Gasteiger partial charge in [-0.1, -0.05) is 18.2 Å². The minimum absolute atomic E-state index is 0.120. The molecule has 1 atom stereocenters. The molecule has 0 radical (unpaired) electrons. The lowest BCUT2D eigenvalue weighted by Crippen LogP contribution is -2.39. The number of sulfonamides is 1. The van der Waals surface area contributed by atoms with Crippen molar-refractivity contribution in [3.8, 4) is 0 Å². The van der Waals surface area contributed by atoms with E-state index in [1.54, 1.807) is 0 Å². The Morgan fingerprint density at radius 1 is 1.02 bits per heavy atom. The van der Waals surface area contributed by atoms with Crippen molar-refractivity contribution in [2.75, 3.05) is 55.2 Å². The maximum Gasteiger partial charge on any atom is 0.501 e. The van der Waals surface area contributed by atoms with Gasteiger partial charge in [-0.2, -0.15) is 13.2 Å². The first-order valence-electron chi connectivity index (χ1n) is 13.8. The predicted molar refractivity (Wildman–Crippen MR) is 159 cm³/mol. The zero-order valence-corrected chi connectivity index (χ0v) is 25.9. The largest absolute Gasteiger partial charge is 0.501 e. The van der Waals surface area contributed by atoms with Gasteiger partial charge in [-0.3, -0.25) is 9.47 Å². The van der Waals surface area contributed by atoms with Crippen LogP contribution in [0.15, 0.2) is 63.2 Å². The van der Waals surface area contributed by atoms with Crippen LogP contribution in [0.5, 0.6) is 0 Å². The second kappa shape index (κ2) is 13.6. The van der Waals surface area contributed by atoms with Crippen LogP contribution in [0.25, 0.3) is 0 Å². The minimum atomic E-state index is -5.94. The van der Waals surface area contributed by atoms with Crippen molar-refractivity contribution in [3.05, 3.63) is 54.4 Å². The summed E-state index contributed by atoms with van der Waals surface area (Å²) in [4.78, 5) is 1.26. The summed E-state index contributed by atoms with van der Waals surface area (Å²) in [5, 5.41) is 13.8.